The van der Waals surface area contributed by atoms with Crippen molar-refractivity contribution in [3.05, 3.63) is 72.4 Å². The third kappa shape index (κ3) is 3.31. The Morgan fingerprint density at radius 2 is 1.71 bits per heavy atom. The monoisotopic (exact) mass is 278 g/mol. The Hall–Kier alpha value is -2.55. The molecule has 0 aliphatic rings. The smallest absolute Gasteiger partial charge is 0.222 e. The zero-order valence-corrected chi connectivity index (χ0v) is 11.8. The Bertz CT molecular complexity index is 731. The molecular weight excluding hydrogens is 260 g/mol. The van der Waals surface area contributed by atoms with Gasteiger partial charge in [0.1, 0.15) is 0 Å². The molecule has 0 saturated heterocycles. The molecule has 0 aliphatic heterocycles. The molecule has 3 nitrogen and oxygen atoms in total. The van der Waals surface area contributed by atoms with E-state index < -0.39 is 0 Å². The molecule has 0 unspecified atom stereocenters. The molecule has 3 heteroatoms. The van der Waals surface area contributed by atoms with Crippen molar-refractivity contribution in [2.75, 3.05) is 0 Å². The summed E-state index contributed by atoms with van der Waals surface area (Å²) in [6, 6.07) is 20.3. The van der Waals surface area contributed by atoms with E-state index in [9.17, 15) is 4.79 Å². The fourth-order valence-corrected chi connectivity index (χ4v) is 2.44. The van der Waals surface area contributed by atoms with Crippen molar-refractivity contribution in [1.29, 1.82) is 0 Å². The molecule has 0 fully saturated rings. The average Bonchev–Trinajstić information content (AvgIpc) is 2.95. The topological polar surface area (TPSA) is 34.0 Å². The summed E-state index contributed by atoms with van der Waals surface area (Å²) < 4.78 is 2.12. The quantitative estimate of drug-likeness (QED) is 0.763. The first-order valence-electron chi connectivity index (χ1n) is 7.17. The van der Waals surface area contributed by atoms with Crippen LogP contribution < -0.4 is 5.32 Å². The number of fused-ring (bicyclic) bond motifs is 1. The van der Waals surface area contributed by atoms with Crippen LogP contribution in [0.15, 0.2) is 66.9 Å². The van der Waals surface area contributed by atoms with E-state index in [0.29, 0.717) is 19.5 Å². The molecule has 0 radical (unpaired) electrons. The number of nitrogens with zero attached hydrogens (tertiary/aromatic N) is 1. The third-order valence-electron chi connectivity index (χ3n) is 3.59. The van der Waals surface area contributed by atoms with Crippen LogP contribution in [0.5, 0.6) is 0 Å². The first-order valence-corrected chi connectivity index (χ1v) is 7.17. The molecule has 2 aromatic carbocycles. The number of benzene rings is 2. The van der Waals surface area contributed by atoms with Crippen LogP contribution in [0, 0.1) is 0 Å². The van der Waals surface area contributed by atoms with Gasteiger partial charge < -0.3 is 9.88 Å². The minimum atomic E-state index is 0.0802. The van der Waals surface area contributed by atoms with Gasteiger partial charge in [0.05, 0.1) is 0 Å². The number of nitrogens with one attached hydrogen (secondary N) is 1. The lowest BCUT2D eigenvalue weighted by molar-refractivity contribution is -0.121. The van der Waals surface area contributed by atoms with E-state index in [4.69, 9.17) is 0 Å². The van der Waals surface area contributed by atoms with Gasteiger partial charge in [0.2, 0.25) is 5.91 Å². The summed E-state index contributed by atoms with van der Waals surface area (Å²) in [4.78, 5) is 11.9. The summed E-state index contributed by atoms with van der Waals surface area (Å²) in [5.74, 6) is 0.0802. The zero-order valence-electron chi connectivity index (χ0n) is 11.8. The highest BCUT2D eigenvalue weighted by molar-refractivity contribution is 5.80. The summed E-state index contributed by atoms with van der Waals surface area (Å²) in [5.41, 5.74) is 2.30. The summed E-state index contributed by atoms with van der Waals surface area (Å²) in [6.45, 7) is 1.29. The molecule has 106 valence electrons. The van der Waals surface area contributed by atoms with Crippen LogP contribution >= 0.6 is 0 Å². The predicted molar refractivity (Wildman–Crippen MR) is 84.8 cm³/mol. The van der Waals surface area contributed by atoms with Crippen molar-refractivity contribution in [2.24, 2.45) is 0 Å². The Morgan fingerprint density at radius 3 is 2.57 bits per heavy atom. The Labute approximate surface area is 124 Å². The van der Waals surface area contributed by atoms with Gasteiger partial charge in [-0.05, 0) is 23.1 Å². The molecule has 0 saturated carbocycles. The van der Waals surface area contributed by atoms with E-state index in [-0.39, 0.29) is 5.91 Å². The first kappa shape index (κ1) is 13.4. The van der Waals surface area contributed by atoms with Crippen LogP contribution in [0.3, 0.4) is 0 Å². The molecule has 0 spiro atoms. The van der Waals surface area contributed by atoms with Crippen LogP contribution in [0.25, 0.3) is 10.9 Å². The highest BCUT2D eigenvalue weighted by Crippen LogP contribution is 2.15. The first-order chi connectivity index (χ1) is 10.3. The van der Waals surface area contributed by atoms with Gasteiger partial charge in [0.15, 0.2) is 0 Å². The molecule has 1 aromatic heterocycles. The molecular formula is C18H18N2O. The van der Waals surface area contributed by atoms with Gasteiger partial charge in [-0.1, -0.05) is 48.5 Å². The summed E-state index contributed by atoms with van der Waals surface area (Å²) in [7, 11) is 0. The molecule has 21 heavy (non-hydrogen) atoms. The van der Waals surface area contributed by atoms with Gasteiger partial charge in [-0.15, -0.1) is 0 Å². The number of aryl methyl sites for hydroxylation is 1. The Kier molecular flexibility index (Phi) is 4.01. The van der Waals surface area contributed by atoms with E-state index in [1.807, 2.05) is 48.7 Å². The summed E-state index contributed by atoms with van der Waals surface area (Å²) >= 11 is 0. The van der Waals surface area contributed by atoms with Crippen molar-refractivity contribution < 1.29 is 4.79 Å². The average molecular weight is 278 g/mol. The van der Waals surface area contributed by atoms with E-state index in [1.54, 1.807) is 0 Å². The molecule has 1 amide bonds. The number of hydrogen-bond donors (Lipinski definition) is 1. The van der Waals surface area contributed by atoms with Crippen LogP contribution in [-0.4, -0.2) is 10.5 Å². The normalized spacial score (nSPS) is 10.7. The third-order valence-corrected chi connectivity index (χ3v) is 3.59. The second kappa shape index (κ2) is 6.27. The SMILES string of the molecule is O=C(CCn1ccc2ccccc21)NCc1ccccc1. The van der Waals surface area contributed by atoms with Crippen molar-refractivity contribution >= 4 is 16.8 Å². The van der Waals surface area contributed by atoms with Crippen LogP contribution in [0.4, 0.5) is 0 Å². The van der Waals surface area contributed by atoms with Gasteiger partial charge in [0.25, 0.3) is 0 Å². The molecule has 0 atom stereocenters. The van der Waals surface area contributed by atoms with Crippen LogP contribution in [0.2, 0.25) is 0 Å². The Morgan fingerprint density at radius 1 is 0.952 bits per heavy atom. The maximum absolute atomic E-state index is 11.9. The van der Waals surface area contributed by atoms with Gasteiger partial charge in [0, 0.05) is 31.2 Å². The summed E-state index contributed by atoms with van der Waals surface area (Å²) in [5, 5.41) is 4.17. The van der Waals surface area contributed by atoms with Crippen molar-refractivity contribution in [1.82, 2.24) is 9.88 Å². The number of para-hydroxylation sites is 1. The number of carbonyl (C=O) groups excluding carboxylic acids is 1. The standard InChI is InChI=1S/C18H18N2O/c21-18(19-14-15-6-2-1-3-7-15)11-13-20-12-10-16-8-4-5-9-17(16)20/h1-10,12H,11,13-14H2,(H,19,21). The number of amides is 1. The zero-order chi connectivity index (χ0) is 14.5. The maximum Gasteiger partial charge on any atom is 0.222 e. The lowest BCUT2D eigenvalue weighted by atomic mass is 10.2. The second-order valence-electron chi connectivity index (χ2n) is 5.08. The van der Waals surface area contributed by atoms with Crippen molar-refractivity contribution in [3.63, 3.8) is 0 Å². The van der Waals surface area contributed by atoms with Crippen LogP contribution in [0.1, 0.15) is 12.0 Å². The highest BCUT2D eigenvalue weighted by Gasteiger charge is 2.04. The maximum atomic E-state index is 11.9. The fraction of sp³-hybridized carbons (Fsp3) is 0.167. The van der Waals surface area contributed by atoms with E-state index in [1.165, 1.54) is 10.9 Å². The molecule has 3 aromatic rings. The number of carbonyl (C=O) groups is 1. The fourth-order valence-electron chi connectivity index (χ4n) is 2.44. The van der Waals surface area contributed by atoms with Gasteiger partial charge in [-0.2, -0.15) is 0 Å². The highest BCUT2D eigenvalue weighted by atomic mass is 16.1. The van der Waals surface area contributed by atoms with Gasteiger partial charge in [-0.25, -0.2) is 0 Å². The minimum absolute atomic E-state index is 0.0802. The van der Waals surface area contributed by atoms with Gasteiger partial charge >= 0.3 is 0 Å². The number of aromatic nitrogens is 1. The molecule has 0 bridgehead atoms. The van der Waals surface area contributed by atoms with E-state index >= 15 is 0 Å². The van der Waals surface area contributed by atoms with E-state index in [0.717, 1.165) is 5.56 Å². The predicted octanol–water partition coefficient (Wildman–Crippen LogP) is 3.35. The number of rotatable bonds is 5. The summed E-state index contributed by atoms with van der Waals surface area (Å²) in [6.07, 6.45) is 2.53. The molecule has 3 rings (SSSR count). The van der Waals surface area contributed by atoms with E-state index in [2.05, 4.69) is 28.1 Å². The van der Waals surface area contributed by atoms with Crippen molar-refractivity contribution in [2.45, 2.75) is 19.5 Å². The number of hydrogen-bond acceptors (Lipinski definition) is 1. The largest absolute Gasteiger partial charge is 0.352 e. The molecule has 0 aliphatic carbocycles. The molecule has 1 heterocycles. The van der Waals surface area contributed by atoms with Gasteiger partial charge in [-0.3, -0.25) is 4.79 Å². The van der Waals surface area contributed by atoms with Crippen molar-refractivity contribution in [3.8, 4) is 0 Å². The Balaban J connectivity index is 1.54. The lowest BCUT2D eigenvalue weighted by Gasteiger charge is -2.07. The minimum Gasteiger partial charge on any atom is -0.352 e. The lowest BCUT2D eigenvalue weighted by Crippen LogP contribution is -2.23. The van der Waals surface area contributed by atoms with Crippen LogP contribution in [-0.2, 0) is 17.9 Å². The molecule has 1 N–H and O–H groups in total. The second-order valence-corrected chi connectivity index (χ2v) is 5.08.